The molecule has 0 bridgehead atoms. The Morgan fingerprint density at radius 3 is 2.71 bits per heavy atom. The van der Waals surface area contributed by atoms with E-state index in [0.717, 1.165) is 22.9 Å². The van der Waals surface area contributed by atoms with Crippen LogP contribution in [0.3, 0.4) is 0 Å². The average molecular weight is 225 g/mol. The van der Waals surface area contributed by atoms with E-state index in [0.29, 0.717) is 6.42 Å². The van der Waals surface area contributed by atoms with Crippen LogP contribution in [0.2, 0.25) is 0 Å². The number of nitrogens with zero attached hydrogens (tertiary/aromatic N) is 1. The molecule has 0 spiro atoms. The monoisotopic (exact) mass is 225 g/mol. The van der Waals surface area contributed by atoms with Gasteiger partial charge < -0.3 is 0 Å². The van der Waals surface area contributed by atoms with Crippen LogP contribution in [0.25, 0.3) is 10.8 Å². The highest BCUT2D eigenvalue weighted by atomic mass is 16.1. The number of hydrogen-bond acceptors (Lipinski definition) is 2. The van der Waals surface area contributed by atoms with Gasteiger partial charge in [0.15, 0.2) is 5.78 Å². The molecule has 0 atom stereocenters. The highest BCUT2D eigenvalue weighted by Gasteiger charge is 2.04. The van der Waals surface area contributed by atoms with Crippen molar-refractivity contribution in [1.82, 2.24) is 0 Å². The Balaban J connectivity index is 2.24. The van der Waals surface area contributed by atoms with Crippen molar-refractivity contribution in [2.75, 3.05) is 6.54 Å². The summed E-state index contributed by atoms with van der Waals surface area (Å²) in [7, 11) is 0. The van der Waals surface area contributed by atoms with Crippen molar-refractivity contribution in [3.63, 3.8) is 0 Å². The molecule has 0 amide bonds. The minimum atomic E-state index is 0.118. The fourth-order valence-electron chi connectivity index (χ4n) is 1.76. The molecule has 0 heterocycles. The van der Waals surface area contributed by atoms with E-state index in [4.69, 9.17) is 0 Å². The van der Waals surface area contributed by atoms with E-state index in [2.05, 4.69) is 4.99 Å². The maximum Gasteiger partial charge on any atom is 0.168 e. The first-order chi connectivity index (χ1) is 8.31. The van der Waals surface area contributed by atoms with Crippen molar-refractivity contribution in [3.8, 4) is 0 Å². The summed E-state index contributed by atoms with van der Waals surface area (Å²) in [6, 6.07) is 13.8. The van der Waals surface area contributed by atoms with E-state index in [-0.39, 0.29) is 5.78 Å². The molecule has 0 aliphatic rings. The highest BCUT2D eigenvalue weighted by Crippen LogP contribution is 2.16. The van der Waals surface area contributed by atoms with Crippen LogP contribution in [0.15, 0.2) is 47.5 Å². The summed E-state index contributed by atoms with van der Waals surface area (Å²) in [6.07, 6.45) is 2.07. The summed E-state index contributed by atoms with van der Waals surface area (Å²) in [5, 5.41) is 2.26. The molecule has 2 nitrogen and oxygen atoms in total. The number of hydrogen-bond donors (Lipinski definition) is 0. The summed E-state index contributed by atoms with van der Waals surface area (Å²) in [5.41, 5.74) is 0.756. The first-order valence-electron chi connectivity index (χ1n) is 5.81. The standard InChI is InChI=1S/C15H15NO/c1-2-16-10-9-15(17)14-8-7-12-5-3-4-6-13(12)11-14/h3-8,10-11H,2,9H2,1H3. The third-order valence-electron chi connectivity index (χ3n) is 2.66. The largest absolute Gasteiger partial charge is 0.297 e. The van der Waals surface area contributed by atoms with Crippen LogP contribution in [-0.4, -0.2) is 18.5 Å². The highest BCUT2D eigenvalue weighted by molar-refractivity contribution is 6.05. The topological polar surface area (TPSA) is 29.4 Å². The van der Waals surface area contributed by atoms with E-state index >= 15 is 0 Å². The number of carbonyl (C=O) groups is 1. The van der Waals surface area contributed by atoms with E-state index in [1.54, 1.807) is 6.21 Å². The lowest BCUT2D eigenvalue weighted by Crippen LogP contribution is -1.99. The minimum Gasteiger partial charge on any atom is -0.297 e. The fourth-order valence-corrected chi connectivity index (χ4v) is 1.76. The minimum absolute atomic E-state index is 0.118. The molecule has 0 saturated heterocycles. The first kappa shape index (κ1) is 11.5. The molecule has 0 aliphatic carbocycles. The molecule has 0 fully saturated rings. The summed E-state index contributed by atoms with van der Waals surface area (Å²) < 4.78 is 0. The molecule has 2 aromatic rings. The van der Waals surface area contributed by atoms with Crippen LogP contribution in [0.5, 0.6) is 0 Å². The molecule has 2 rings (SSSR count). The summed E-state index contributed by atoms with van der Waals surface area (Å²) in [5.74, 6) is 0.118. The van der Waals surface area contributed by atoms with E-state index in [1.165, 1.54) is 0 Å². The Morgan fingerprint density at radius 1 is 1.18 bits per heavy atom. The third-order valence-corrected chi connectivity index (χ3v) is 2.66. The molecule has 0 saturated carbocycles. The maximum atomic E-state index is 11.9. The number of fused-ring (bicyclic) bond motifs is 1. The molecule has 17 heavy (non-hydrogen) atoms. The Hall–Kier alpha value is -1.96. The second kappa shape index (κ2) is 5.39. The second-order valence-corrected chi connectivity index (χ2v) is 3.87. The lowest BCUT2D eigenvalue weighted by molar-refractivity contribution is 0.100. The Bertz CT molecular complexity index is 558. The van der Waals surface area contributed by atoms with E-state index in [1.807, 2.05) is 49.4 Å². The van der Waals surface area contributed by atoms with Gasteiger partial charge in [0.05, 0.1) is 0 Å². The van der Waals surface area contributed by atoms with Crippen molar-refractivity contribution < 1.29 is 4.79 Å². The molecule has 86 valence electrons. The van der Waals surface area contributed by atoms with Gasteiger partial charge in [-0.15, -0.1) is 0 Å². The third kappa shape index (κ3) is 2.78. The Labute approximate surface area is 101 Å². The van der Waals surface area contributed by atoms with Gasteiger partial charge in [0, 0.05) is 24.7 Å². The zero-order valence-corrected chi connectivity index (χ0v) is 9.89. The van der Waals surface area contributed by atoms with Gasteiger partial charge in [0.1, 0.15) is 0 Å². The molecule has 0 aromatic heterocycles. The van der Waals surface area contributed by atoms with Crippen molar-refractivity contribution >= 4 is 22.8 Å². The molecular weight excluding hydrogens is 210 g/mol. The average Bonchev–Trinajstić information content (AvgIpc) is 2.38. The van der Waals surface area contributed by atoms with Gasteiger partial charge >= 0.3 is 0 Å². The summed E-state index contributed by atoms with van der Waals surface area (Å²) in [6.45, 7) is 2.68. The van der Waals surface area contributed by atoms with E-state index < -0.39 is 0 Å². The van der Waals surface area contributed by atoms with Crippen molar-refractivity contribution in [1.29, 1.82) is 0 Å². The number of Topliss-reactive ketones (excluding diaryl/α,β-unsaturated/α-hetero) is 1. The Morgan fingerprint density at radius 2 is 1.94 bits per heavy atom. The van der Waals surface area contributed by atoms with Crippen molar-refractivity contribution in [2.24, 2.45) is 4.99 Å². The number of ketones is 1. The molecular formula is C15H15NO. The molecule has 2 heteroatoms. The first-order valence-corrected chi connectivity index (χ1v) is 5.81. The normalized spacial score (nSPS) is 11.1. The second-order valence-electron chi connectivity index (χ2n) is 3.87. The zero-order chi connectivity index (χ0) is 12.1. The molecule has 0 radical (unpaired) electrons. The van der Waals surface area contributed by atoms with E-state index in [9.17, 15) is 4.79 Å². The molecule has 0 aliphatic heterocycles. The number of aliphatic imine (C=N–C) groups is 1. The maximum absolute atomic E-state index is 11.9. The predicted molar refractivity (Wildman–Crippen MR) is 71.9 cm³/mol. The molecule has 0 unspecified atom stereocenters. The van der Waals surface area contributed by atoms with Crippen LogP contribution >= 0.6 is 0 Å². The Kier molecular flexibility index (Phi) is 3.66. The summed E-state index contributed by atoms with van der Waals surface area (Å²) in [4.78, 5) is 15.9. The van der Waals surface area contributed by atoms with Gasteiger partial charge in [-0.3, -0.25) is 9.79 Å². The lowest BCUT2D eigenvalue weighted by atomic mass is 10.0. The fraction of sp³-hybridized carbons (Fsp3) is 0.200. The number of carbonyl (C=O) groups excluding carboxylic acids is 1. The number of benzene rings is 2. The van der Waals surface area contributed by atoms with Gasteiger partial charge in [-0.05, 0) is 23.8 Å². The van der Waals surface area contributed by atoms with Crippen LogP contribution in [0, 0.1) is 0 Å². The van der Waals surface area contributed by atoms with Gasteiger partial charge in [-0.2, -0.15) is 0 Å². The lowest BCUT2D eigenvalue weighted by Gasteiger charge is -2.01. The zero-order valence-electron chi connectivity index (χ0n) is 9.89. The van der Waals surface area contributed by atoms with Crippen LogP contribution in [-0.2, 0) is 0 Å². The molecule has 2 aromatic carbocycles. The van der Waals surface area contributed by atoms with Gasteiger partial charge in [-0.25, -0.2) is 0 Å². The van der Waals surface area contributed by atoms with Crippen molar-refractivity contribution in [3.05, 3.63) is 48.0 Å². The summed E-state index contributed by atoms with van der Waals surface area (Å²) >= 11 is 0. The van der Waals surface area contributed by atoms with Gasteiger partial charge in [0.25, 0.3) is 0 Å². The SMILES string of the molecule is CCN=CCC(=O)c1ccc2ccccc2c1. The smallest absolute Gasteiger partial charge is 0.168 e. The quantitative estimate of drug-likeness (QED) is 0.578. The van der Waals surface area contributed by atoms with Crippen LogP contribution < -0.4 is 0 Å². The van der Waals surface area contributed by atoms with Gasteiger partial charge in [-0.1, -0.05) is 36.4 Å². The van der Waals surface area contributed by atoms with Crippen LogP contribution in [0.1, 0.15) is 23.7 Å². The number of rotatable bonds is 4. The van der Waals surface area contributed by atoms with Gasteiger partial charge in [0.2, 0.25) is 0 Å². The predicted octanol–water partition coefficient (Wildman–Crippen LogP) is 3.50. The van der Waals surface area contributed by atoms with Crippen molar-refractivity contribution in [2.45, 2.75) is 13.3 Å². The van der Waals surface area contributed by atoms with Crippen LogP contribution in [0.4, 0.5) is 0 Å². The molecule has 0 N–H and O–H groups in total.